The molecule has 0 saturated heterocycles. The average molecular weight is 139 g/mol. The minimum atomic E-state index is -4.76. The van der Waals surface area contributed by atoms with Crippen molar-refractivity contribution in [3.05, 3.63) is 0 Å². The Balaban J connectivity index is 3.26. The molecule has 0 rings (SSSR count). The van der Waals surface area contributed by atoms with Crippen LogP contribution in [0.2, 0.25) is 0 Å². The maximum absolute atomic E-state index is 9.58. The van der Waals surface area contributed by atoms with Gasteiger partial charge in [0.1, 0.15) is 0 Å². The molecule has 6 heteroatoms. The molecule has 0 aliphatic rings. The van der Waals surface area contributed by atoms with Gasteiger partial charge in [-0.2, -0.15) is 0 Å². The second kappa shape index (κ2) is 3.17. The highest BCUT2D eigenvalue weighted by molar-refractivity contribution is 7.43. The lowest BCUT2D eigenvalue weighted by Gasteiger charge is -2.27. The molecule has 0 saturated carbocycles. The van der Waals surface area contributed by atoms with E-state index in [1.165, 1.54) is 0 Å². The molecular formula is C2H6NO4P-2. The maximum Gasteiger partial charge on any atom is 0.0641 e. The van der Waals surface area contributed by atoms with E-state index in [4.69, 9.17) is 5.73 Å². The fourth-order valence-electron chi connectivity index (χ4n) is 0.165. The van der Waals surface area contributed by atoms with Crippen molar-refractivity contribution >= 4 is 7.82 Å². The first-order chi connectivity index (χ1) is 3.56. The summed E-state index contributed by atoms with van der Waals surface area (Å²) in [5, 5.41) is 0. The van der Waals surface area contributed by atoms with E-state index < -0.39 is 7.82 Å². The Bertz CT molecular complexity index is 98.2. The van der Waals surface area contributed by atoms with Gasteiger partial charge in [-0.15, -0.1) is 0 Å². The van der Waals surface area contributed by atoms with Gasteiger partial charge in [0.25, 0.3) is 0 Å². The van der Waals surface area contributed by atoms with E-state index in [-0.39, 0.29) is 13.2 Å². The van der Waals surface area contributed by atoms with Crippen LogP contribution in [0.3, 0.4) is 0 Å². The second-order valence-corrected chi connectivity index (χ2v) is 2.22. The monoisotopic (exact) mass is 139 g/mol. The summed E-state index contributed by atoms with van der Waals surface area (Å²) in [5.41, 5.74) is 4.81. The molecule has 8 heavy (non-hydrogen) atoms. The van der Waals surface area contributed by atoms with Crippen molar-refractivity contribution in [1.82, 2.24) is 0 Å². The zero-order valence-electron chi connectivity index (χ0n) is 4.07. The first-order valence-corrected chi connectivity index (χ1v) is 3.39. The van der Waals surface area contributed by atoms with Gasteiger partial charge in [0.2, 0.25) is 0 Å². The third-order valence-corrected chi connectivity index (χ3v) is 0.866. The fraction of sp³-hybridized carbons (Fsp3) is 1.00. The van der Waals surface area contributed by atoms with Crippen LogP contribution in [0.25, 0.3) is 0 Å². The summed E-state index contributed by atoms with van der Waals surface area (Å²) < 4.78 is 13.3. The predicted molar refractivity (Wildman–Crippen MR) is 22.6 cm³/mol. The standard InChI is InChI=1S/C2H8NO4P/c3-1-2-7-8(4,5)6/h1-3H2,(H2,4,5,6)/p-2. The number of phosphoric ester groups is 1. The maximum atomic E-state index is 9.58. The van der Waals surface area contributed by atoms with E-state index in [0.29, 0.717) is 0 Å². The quantitative estimate of drug-likeness (QED) is 0.447. The molecule has 0 unspecified atom stereocenters. The van der Waals surface area contributed by atoms with E-state index >= 15 is 0 Å². The average Bonchev–Trinajstić information content (AvgIpc) is 1.59. The molecule has 0 radical (unpaired) electrons. The highest BCUT2D eigenvalue weighted by Gasteiger charge is 1.85. The van der Waals surface area contributed by atoms with Crippen LogP contribution in [0, 0.1) is 0 Å². The van der Waals surface area contributed by atoms with Crippen LogP contribution in [0.15, 0.2) is 0 Å². The number of phosphoric acid groups is 1. The second-order valence-electron chi connectivity index (χ2n) is 1.07. The molecule has 0 bridgehead atoms. The Morgan fingerprint density at radius 1 is 1.62 bits per heavy atom. The number of rotatable bonds is 3. The first-order valence-electron chi connectivity index (χ1n) is 1.93. The van der Waals surface area contributed by atoms with Gasteiger partial charge in [-0.05, 0) is 0 Å². The predicted octanol–water partition coefficient (Wildman–Crippen LogP) is -2.21. The third kappa shape index (κ3) is 6.07. The van der Waals surface area contributed by atoms with E-state index in [1.54, 1.807) is 0 Å². The van der Waals surface area contributed by atoms with Crippen molar-refractivity contribution in [3.8, 4) is 0 Å². The van der Waals surface area contributed by atoms with Gasteiger partial charge in [-0.1, -0.05) is 0 Å². The van der Waals surface area contributed by atoms with E-state index in [1.807, 2.05) is 0 Å². The lowest BCUT2D eigenvalue weighted by molar-refractivity contribution is -0.341. The minimum Gasteiger partial charge on any atom is -0.790 e. The zero-order valence-corrected chi connectivity index (χ0v) is 4.97. The fourth-order valence-corrected chi connectivity index (χ4v) is 0.494. The van der Waals surface area contributed by atoms with Crippen LogP contribution in [0.5, 0.6) is 0 Å². The van der Waals surface area contributed by atoms with Gasteiger partial charge < -0.3 is 24.6 Å². The van der Waals surface area contributed by atoms with Crippen LogP contribution in [0.1, 0.15) is 0 Å². The van der Waals surface area contributed by atoms with Crippen LogP contribution in [-0.4, -0.2) is 13.2 Å². The van der Waals surface area contributed by atoms with E-state index in [9.17, 15) is 14.4 Å². The van der Waals surface area contributed by atoms with Crippen molar-refractivity contribution in [2.75, 3.05) is 13.2 Å². The highest BCUT2D eigenvalue weighted by atomic mass is 31.2. The number of hydrogen-bond acceptors (Lipinski definition) is 5. The van der Waals surface area contributed by atoms with Crippen molar-refractivity contribution in [1.29, 1.82) is 0 Å². The molecule has 0 atom stereocenters. The first kappa shape index (κ1) is 8.07. The molecule has 0 aliphatic heterocycles. The highest BCUT2D eigenvalue weighted by Crippen LogP contribution is 2.22. The topological polar surface area (TPSA) is 98.4 Å². The lowest BCUT2D eigenvalue weighted by Crippen LogP contribution is -2.19. The molecule has 0 aromatic rings. The van der Waals surface area contributed by atoms with Crippen LogP contribution >= 0.6 is 7.82 Å². The van der Waals surface area contributed by atoms with Crippen molar-refractivity contribution in [2.45, 2.75) is 0 Å². The molecule has 0 fully saturated rings. The van der Waals surface area contributed by atoms with Gasteiger partial charge in [0.15, 0.2) is 0 Å². The zero-order chi connectivity index (χ0) is 6.62. The van der Waals surface area contributed by atoms with Crippen LogP contribution < -0.4 is 15.5 Å². The molecule has 2 N–H and O–H groups in total. The van der Waals surface area contributed by atoms with Crippen molar-refractivity contribution in [2.24, 2.45) is 5.73 Å². The molecule has 0 aliphatic carbocycles. The Kier molecular flexibility index (Phi) is 3.19. The van der Waals surface area contributed by atoms with Gasteiger partial charge in [-0.3, -0.25) is 0 Å². The Labute approximate surface area is 46.7 Å². The molecular weight excluding hydrogens is 133 g/mol. The van der Waals surface area contributed by atoms with E-state index in [2.05, 4.69) is 4.52 Å². The number of hydrogen-bond donors (Lipinski definition) is 1. The molecule has 0 heterocycles. The normalized spacial score (nSPS) is 11.9. The van der Waals surface area contributed by atoms with Crippen molar-refractivity contribution < 1.29 is 18.9 Å². The van der Waals surface area contributed by atoms with Crippen LogP contribution in [0.4, 0.5) is 0 Å². The summed E-state index contributed by atoms with van der Waals surface area (Å²) in [6.07, 6.45) is 0. The Hall–Kier alpha value is 0.0700. The SMILES string of the molecule is NCCOP(=O)([O-])[O-]. The molecule has 0 amide bonds. The summed E-state index contributed by atoms with van der Waals surface area (Å²) in [4.78, 5) is 19.2. The van der Waals surface area contributed by atoms with Crippen LogP contribution in [-0.2, 0) is 9.09 Å². The molecule has 0 spiro atoms. The Morgan fingerprint density at radius 3 is 2.25 bits per heavy atom. The van der Waals surface area contributed by atoms with Gasteiger partial charge >= 0.3 is 0 Å². The molecule has 50 valence electrons. The molecule has 0 aromatic heterocycles. The van der Waals surface area contributed by atoms with E-state index in [0.717, 1.165) is 0 Å². The van der Waals surface area contributed by atoms with Gasteiger partial charge in [-0.25, -0.2) is 0 Å². The summed E-state index contributed by atoms with van der Waals surface area (Å²) in [7, 11) is -4.76. The molecule has 0 aromatic carbocycles. The minimum absolute atomic E-state index is 0.0362. The Morgan fingerprint density at radius 2 is 2.12 bits per heavy atom. The lowest BCUT2D eigenvalue weighted by atomic mass is 10.8. The summed E-state index contributed by atoms with van der Waals surface area (Å²) in [6, 6.07) is 0. The largest absolute Gasteiger partial charge is 0.790 e. The van der Waals surface area contributed by atoms with Gasteiger partial charge in [0, 0.05) is 6.54 Å². The van der Waals surface area contributed by atoms with Gasteiger partial charge in [0.05, 0.1) is 14.4 Å². The summed E-state index contributed by atoms with van der Waals surface area (Å²) >= 11 is 0. The van der Waals surface area contributed by atoms with Crippen molar-refractivity contribution in [3.63, 3.8) is 0 Å². The third-order valence-electron chi connectivity index (χ3n) is 0.367. The summed E-state index contributed by atoms with van der Waals surface area (Å²) in [6.45, 7) is -0.196. The summed E-state index contributed by atoms with van der Waals surface area (Å²) in [5.74, 6) is 0. The smallest absolute Gasteiger partial charge is 0.0641 e. The number of nitrogens with two attached hydrogens (primary N) is 1. The molecule has 5 nitrogen and oxygen atoms in total.